The number of hydrogen-bond acceptors (Lipinski definition) is 3. The standard InChI is InChI=1S/C26H30N4OS/c1-4-29(5-2)26(31)27-30-22(14-13-18-9-8-16-32-18)21-17-24-19(11-7-15-28(24)3)20-10-6-12-23(30)25(20)21/h6,8-10,12,16,19,24H,4-5,7,11,15,17H2,1-3H3,(H,27,31)/t19-,24-/m1/s1. The molecule has 5 nitrogen and oxygen atoms in total. The highest BCUT2D eigenvalue weighted by Gasteiger charge is 2.38. The lowest BCUT2D eigenvalue weighted by Crippen LogP contribution is -2.44. The van der Waals surface area contributed by atoms with Crippen LogP contribution in [0.3, 0.4) is 0 Å². The SMILES string of the molecule is CCN(CC)C(=O)Nn1c(C#Cc2cccs2)c2c3c(cccc31)[C@H]1CCCN(C)[C@@H]1C2. The van der Waals surface area contributed by atoms with Crippen molar-refractivity contribution < 1.29 is 4.79 Å². The number of amides is 2. The number of carbonyl (C=O) groups excluding carboxylic acids is 1. The zero-order valence-corrected chi connectivity index (χ0v) is 19.8. The summed E-state index contributed by atoms with van der Waals surface area (Å²) >= 11 is 1.64. The number of likely N-dealkylation sites (N-methyl/N-ethyl adjacent to an activating group) is 1. The van der Waals surface area contributed by atoms with Gasteiger partial charge in [-0.3, -0.25) is 0 Å². The molecule has 3 aromatic rings. The molecular formula is C26H30N4OS. The summed E-state index contributed by atoms with van der Waals surface area (Å²) in [4.78, 5) is 18.4. The van der Waals surface area contributed by atoms with Gasteiger partial charge in [0.2, 0.25) is 0 Å². The van der Waals surface area contributed by atoms with Crippen molar-refractivity contribution in [1.29, 1.82) is 0 Å². The lowest BCUT2D eigenvalue weighted by Gasteiger charge is -2.42. The van der Waals surface area contributed by atoms with Gasteiger partial charge in [0.1, 0.15) is 5.69 Å². The zero-order chi connectivity index (χ0) is 22.2. The van der Waals surface area contributed by atoms with Gasteiger partial charge in [0.15, 0.2) is 0 Å². The molecule has 2 atom stereocenters. The molecule has 1 aromatic carbocycles. The highest BCUT2D eigenvalue weighted by atomic mass is 32.1. The Kier molecular flexibility index (Phi) is 5.71. The summed E-state index contributed by atoms with van der Waals surface area (Å²) in [7, 11) is 2.25. The molecule has 32 heavy (non-hydrogen) atoms. The maximum Gasteiger partial charge on any atom is 0.336 e. The van der Waals surface area contributed by atoms with Crippen molar-refractivity contribution in [3.8, 4) is 11.8 Å². The summed E-state index contributed by atoms with van der Waals surface area (Å²) in [6.07, 6.45) is 3.42. The first-order valence-electron chi connectivity index (χ1n) is 11.6. The number of likely N-dealkylation sites (tertiary alicyclic amines) is 1. The van der Waals surface area contributed by atoms with Crippen LogP contribution in [0.2, 0.25) is 0 Å². The number of piperidine rings is 1. The van der Waals surface area contributed by atoms with E-state index >= 15 is 0 Å². The van der Waals surface area contributed by atoms with Crippen molar-refractivity contribution in [2.75, 3.05) is 32.1 Å². The van der Waals surface area contributed by atoms with E-state index in [1.165, 1.54) is 29.4 Å². The van der Waals surface area contributed by atoms with Crippen molar-refractivity contribution in [2.24, 2.45) is 0 Å². The summed E-state index contributed by atoms with van der Waals surface area (Å²) in [5.74, 6) is 7.33. The number of fused-ring (bicyclic) bond motifs is 2. The van der Waals surface area contributed by atoms with Crippen LogP contribution >= 0.6 is 11.3 Å². The summed E-state index contributed by atoms with van der Waals surface area (Å²) in [6.45, 7) is 6.50. The molecule has 2 aliphatic rings. The molecule has 1 aliphatic carbocycles. The monoisotopic (exact) mass is 446 g/mol. The van der Waals surface area contributed by atoms with Crippen LogP contribution in [-0.2, 0) is 6.42 Å². The first-order chi connectivity index (χ1) is 15.6. The number of benzene rings is 1. The van der Waals surface area contributed by atoms with E-state index in [0.717, 1.165) is 29.1 Å². The van der Waals surface area contributed by atoms with Crippen LogP contribution in [0.25, 0.3) is 10.9 Å². The number of thiophene rings is 1. The number of carbonyl (C=O) groups is 1. The normalized spacial score (nSPS) is 19.8. The molecule has 0 unspecified atom stereocenters. The van der Waals surface area contributed by atoms with Crippen molar-refractivity contribution in [1.82, 2.24) is 14.5 Å². The Morgan fingerprint density at radius 2 is 2.06 bits per heavy atom. The van der Waals surface area contributed by atoms with Crippen molar-refractivity contribution >= 4 is 28.3 Å². The van der Waals surface area contributed by atoms with Crippen LogP contribution in [0, 0.1) is 11.8 Å². The van der Waals surface area contributed by atoms with Gasteiger partial charge in [0.25, 0.3) is 0 Å². The third kappa shape index (κ3) is 3.50. The largest absolute Gasteiger partial charge is 0.336 e. The Hall–Kier alpha value is -2.75. The molecule has 2 amide bonds. The van der Waals surface area contributed by atoms with Gasteiger partial charge in [-0.2, -0.15) is 0 Å². The second-order valence-corrected chi connectivity index (χ2v) is 9.67. The second kappa shape index (κ2) is 8.65. The predicted molar refractivity (Wildman–Crippen MR) is 132 cm³/mol. The molecule has 2 aromatic heterocycles. The van der Waals surface area contributed by atoms with Crippen LogP contribution < -0.4 is 5.43 Å². The lowest BCUT2D eigenvalue weighted by atomic mass is 9.75. The molecular weight excluding hydrogens is 416 g/mol. The van der Waals surface area contributed by atoms with E-state index in [0.29, 0.717) is 25.0 Å². The number of hydrogen-bond donors (Lipinski definition) is 1. The van der Waals surface area contributed by atoms with Gasteiger partial charge < -0.3 is 9.80 Å². The minimum absolute atomic E-state index is 0.0863. The number of nitrogens with zero attached hydrogens (tertiary/aromatic N) is 3. The molecule has 6 heteroatoms. The van der Waals surface area contributed by atoms with Gasteiger partial charge in [-0.05, 0) is 87.2 Å². The third-order valence-corrected chi connectivity index (χ3v) is 7.86. The van der Waals surface area contributed by atoms with E-state index in [1.54, 1.807) is 16.2 Å². The lowest BCUT2D eigenvalue weighted by molar-refractivity contribution is 0.157. The van der Waals surface area contributed by atoms with Crippen molar-refractivity contribution in [3.05, 3.63) is 57.4 Å². The molecule has 0 radical (unpaired) electrons. The Labute approximate surface area is 194 Å². The fourth-order valence-electron chi connectivity index (χ4n) is 5.45. The Morgan fingerprint density at radius 3 is 2.81 bits per heavy atom. The van der Waals surface area contributed by atoms with E-state index in [2.05, 4.69) is 47.4 Å². The van der Waals surface area contributed by atoms with Crippen molar-refractivity contribution in [3.63, 3.8) is 0 Å². The number of aromatic nitrogens is 1. The Morgan fingerprint density at radius 1 is 1.22 bits per heavy atom. The quantitative estimate of drug-likeness (QED) is 0.585. The van der Waals surface area contributed by atoms with Gasteiger partial charge in [-0.25, -0.2) is 14.9 Å². The topological polar surface area (TPSA) is 40.5 Å². The predicted octanol–water partition coefficient (Wildman–Crippen LogP) is 4.84. The Balaban J connectivity index is 1.69. The number of nitrogens with one attached hydrogen (secondary N) is 1. The highest BCUT2D eigenvalue weighted by molar-refractivity contribution is 7.10. The second-order valence-electron chi connectivity index (χ2n) is 8.72. The summed E-state index contributed by atoms with van der Waals surface area (Å²) < 4.78 is 1.95. The van der Waals surface area contributed by atoms with E-state index in [9.17, 15) is 4.79 Å². The molecule has 0 spiro atoms. The van der Waals surface area contributed by atoms with Gasteiger partial charge in [-0.15, -0.1) is 11.3 Å². The maximum atomic E-state index is 13.0. The van der Waals surface area contributed by atoms with Gasteiger partial charge in [0, 0.05) is 30.4 Å². The average molecular weight is 447 g/mol. The van der Waals surface area contributed by atoms with E-state index in [1.807, 2.05) is 36.0 Å². The fourth-order valence-corrected chi connectivity index (χ4v) is 6.02. The average Bonchev–Trinajstić information content (AvgIpc) is 3.42. The summed E-state index contributed by atoms with van der Waals surface area (Å²) in [5.41, 5.74) is 7.84. The fraction of sp³-hybridized carbons (Fsp3) is 0.423. The molecule has 5 rings (SSSR count). The molecule has 166 valence electrons. The highest BCUT2D eigenvalue weighted by Crippen LogP contribution is 2.44. The molecule has 0 bridgehead atoms. The molecule has 1 N–H and O–H groups in total. The van der Waals surface area contributed by atoms with Crippen molar-refractivity contribution in [2.45, 2.75) is 45.1 Å². The maximum absolute atomic E-state index is 13.0. The number of rotatable bonds is 3. The molecule has 1 fully saturated rings. The van der Waals surface area contributed by atoms with E-state index < -0.39 is 0 Å². The van der Waals surface area contributed by atoms with Gasteiger partial charge in [-0.1, -0.05) is 18.2 Å². The summed E-state index contributed by atoms with van der Waals surface area (Å²) in [6, 6.07) is 11.0. The first kappa shape index (κ1) is 21.1. The smallest absolute Gasteiger partial charge is 0.324 e. The molecule has 1 saturated heterocycles. The zero-order valence-electron chi connectivity index (χ0n) is 19.0. The van der Waals surface area contributed by atoms with Crippen LogP contribution in [0.15, 0.2) is 35.7 Å². The minimum atomic E-state index is -0.0863. The Bertz CT molecular complexity index is 1200. The van der Waals surface area contributed by atoms with Gasteiger partial charge >= 0.3 is 6.03 Å². The van der Waals surface area contributed by atoms with Crippen LogP contribution in [0.5, 0.6) is 0 Å². The van der Waals surface area contributed by atoms with E-state index in [4.69, 9.17) is 0 Å². The van der Waals surface area contributed by atoms with Crippen LogP contribution in [-0.4, -0.2) is 53.2 Å². The third-order valence-electron chi connectivity index (χ3n) is 7.08. The number of urea groups is 1. The van der Waals surface area contributed by atoms with Crippen LogP contribution in [0.4, 0.5) is 4.79 Å². The van der Waals surface area contributed by atoms with E-state index in [-0.39, 0.29) is 6.03 Å². The van der Waals surface area contributed by atoms with Gasteiger partial charge in [0.05, 0.1) is 10.4 Å². The molecule has 3 heterocycles. The first-order valence-corrected chi connectivity index (χ1v) is 12.5. The minimum Gasteiger partial charge on any atom is -0.324 e. The molecule has 1 aliphatic heterocycles. The molecule has 0 saturated carbocycles. The summed E-state index contributed by atoms with van der Waals surface area (Å²) in [5, 5.41) is 3.34. The van der Waals surface area contributed by atoms with Crippen LogP contribution in [0.1, 0.15) is 54.3 Å².